The summed E-state index contributed by atoms with van der Waals surface area (Å²) in [7, 11) is 0. The highest BCUT2D eigenvalue weighted by molar-refractivity contribution is 6.30. The molecule has 1 aliphatic carbocycles. The Kier molecular flexibility index (Phi) is 9.33. The maximum atomic E-state index is 17.5. The molecule has 46 heavy (non-hydrogen) atoms. The summed E-state index contributed by atoms with van der Waals surface area (Å²) in [5.41, 5.74) is -1.05. The molecule has 1 N–H and O–H groups in total. The molecule has 0 bridgehead atoms. The zero-order valence-corrected chi connectivity index (χ0v) is 26.9. The van der Waals surface area contributed by atoms with Gasteiger partial charge < -0.3 is 14.9 Å². The second-order valence-electron chi connectivity index (χ2n) is 13.7. The van der Waals surface area contributed by atoms with Gasteiger partial charge in [-0.3, -0.25) is 14.5 Å². The van der Waals surface area contributed by atoms with Crippen molar-refractivity contribution in [3.63, 3.8) is 0 Å². The highest BCUT2D eigenvalue weighted by Crippen LogP contribution is 2.47. The van der Waals surface area contributed by atoms with E-state index in [0.717, 1.165) is 43.4 Å². The molecule has 6 rings (SSSR count). The second kappa shape index (κ2) is 13.0. The van der Waals surface area contributed by atoms with Crippen molar-refractivity contribution < 1.29 is 32.3 Å². The van der Waals surface area contributed by atoms with Gasteiger partial charge >= 0.3 is 12.1 Å². The highest BCUT2D eigenvalue weighted by atomic mass is 35.5. The minimum Gasteiger partial charge on any atom is -0.481 e. The monoisotopic (exact) mass is 663 g/mol. The number of hydrogen-bond acceptors (Lipinski definition) is 4. The molecule has 3 aliphatic heterocycles. The Morgan fingerprint density at radius 2 is 1.65 bits per heavy atom. The van der Waals surface area contributed by atoms with Gasteiger partial charge in [-0.05, 0) is 67.0 Å². The Balaban J connectivity index is 1.30. The van der Waals surface area contributed by atoms with E-state index in [0.29, 0.717) is 61.7 Å². The summed E-state index contributed by atoms with van der Waals surface area (Å²) in [4.78, 5) is 31.5. The Hall–Kier alpha value is -2.85. The zero-order valence-electron chi connectivity index (χ0n) is 26.1. The van der Waals surface area contributed by atoms with Crippen LogP contribution in [0.25, 0.3) is 0 Å². The zero-order chi connectivity index (χ0) is 32.8. The third-order valence-electron chi connectivity index (χ3n) is 11.1. The molecular weight excluding hydrogens is 622 g/mol. The molecule has 4 fully saturated rings. The predicted molar refractivity (Wildman–Crippen MR) is 169 cm³/mol. The molecule has 2 aromatic rings. The molecule has 0 unspecified atom stereocenters. The molecule has 4 aliphatic rings. The van der Waals surface area contributed by atoms with Gasteiger partial charge in [0.05, 0.1) is 11.5 Å². The van der Waals surface area contributed by atoms with Gasteiger partial charge in [0, 0.05) is 67.9 Å². The van der Waals surface area contributed by atoms with Crippen LogP contribution >= 0.6 is 11.6 Å². The van der Waals surface area contributed by atoms with Crippen LogP contribution in [0, 0.1) is 11.8 Å². The maximum Gasteiger partial charge on any atom is 0.416 e. The van der Waals surface area contributed by atoms with E-state index < -0.39 is 41.1 Å². The predicted octanol–water partition coefficient (Wildman–Crippen LogP) is 7.36. The van der Waals surface area contributed by atoms with Gasteiger partial charge in [0.2, 0.25) is 5.67 Å². The van der Waals surface area contributed by atoms with Crippen molar-refractivity contribution in [1.29, 1.82) is 0 Å². The van der Waals surface area contributed by atoms with E-state index in [9.17, 15) is 27.9 Å². The van der Waals surface area contributed by atoms with Crippen molar-refractivity contribution >= 4 is 29.2 Å². The summed E-state index contributed by atoms with van der Waals surface area (Å²) in [6, 6.07) is 11.1. The van der Waals surface area contributed by atoms with Crippen LogP contribution in [-0.2, 0) is 15.8 Å². The van der Waals surface area contributed by atoms with Crippen LogP contribution in [0.15, 0.2) is 42.5 Å². The first-order chi connectivity index (χ1) is 21.9. The molecule has 1 amide bonds. The summed E-state index contributed by atoms with van der Waals surface area (Å²) >= 11 is 6.15. The molecular formula is C35H42ClF4N3O3. The van der Waals surface area contributed by atoms with E-state index in [4.69, 9.17) is 11.6 Å². The van der Waals surface area contributed by atoms with Crippen LogP contribution in [-0.4, -0.2) is 77.8 Å². The van der Waals surface area contributed by atoms with Crippen molar-refractivity contribution in [3.05, 3.63) is 64.2 Å². The van der Waals surface area contributed by atoms with Crippen molar-refractivity contribution in [1.82, 2.24) is 9.80 Å². The van der Waals surface area contributed by atoms with Crippen LogP contribution < -0.4 is 4.90 Å². The number of carboxylic acid groups (broad SMARTS) is 1. The number of aliphatic carboxylic acids is 1. The number of nitrogens with zero attached hydrogens (tertiary/aromatic N) is 3. The number of halogens is 5. The Morgan fingerprint density at radius 3 is 2.26 bits per heavy atom. The number of carbonyl (C=O) groups is 2. The first-order valence-electron chi connectivity index (χ1n) is 16.6. The fourth-order valence-corrected chi connectivity index (χ4v) is 8.55. The van der Waals surface area contributed by atoms with Crippen molar-refractivity contribution in [3.8, 4) is 0 Å². The topological polar surface area (TPSA) is 64.1 Å². The average molecular weight is 664 g/mol. The summed E-state index contributed by atoms with van der Waals surface area (Å²) < 4.78 is 59.1. The summed E-state index contributed by atoms with van der Waals surface area (Å²) in [6.45, 7) is 3.64. The third kappa shape index (κ3) is 6.36. The number of rotatable bonds is 7. The fourth-order valence-electron chi connectivity index (χ4n) is 8.42. The number of hydrogen-bond donors (Lipinski definition) is 1. The quantitative estimate of drug-likeness (QED) is 0.314. The maximum absolute atomic E-state index is 17.5. The molecule has 6 nitrogen and oxygen atoms in total. The lowest BCUT2D eigenvalue weighted by molar-refractivity contribution is -0.143. The minimum absolute atomic E-state index is 0.0196. The van der Waals surface area contributed by atoms with E-state index >= 15 is 4.39 Å². The molecule has 11 heteroatoms. The summed E-state index contributed by atoms with van der Waals surface area (Å²) in [5, 5.41) is 10.0. The highest BCUT2D eigenvalue weighted by Gasteiger charge is 2.57. The number of likely N-dealkylation sites (tertiary alicyclic amines) is 2. The Morgan fingerprint density at radius 1 is 0.978 bits per heavy atom. The minimum atomic E-state index is -4.54. The van der Waals surface area contributed by atoms with E-state index in [1.165, 1.54) is 6.07 Å². The smallest absolute Gasteiger partial charge is 0.416 e. The number of piperidine rings is 1. The molecule has 2 aromatic carbocycles. The normalized spacial score (nSPS) is 28.3. The van der Waals surface area contributed by atoms with E-state index in [2.05, 4.69) is 4.90 Å². The van der Waals surface area contributed by atoms with Crippen molar-refractivity contribution in [2.45, 2.75) is 81.6 Å². The SMILES string of the molecule is CC[C@H]1CN(C(=O)[C@]2(F)CN(C3CCCC3)C[C@H]2c2ccc(Cl)cc2)C[C@@H]1c1ccc(C(F)(F)F)cc1N1CCC(C(=O)O)CC1. The van der Waals surface area contributed by atoms with Gasteiger partial charge in [-0.1, -0.05) is 56.0 Å². The molecule has 1 saturated carbocycles. The summed E-state index contributed by atoms with van der Waals surface area (Å²) in [6.07, 6.45) is 0.967. The fraction of sp³-hybridized carbons (Fsp3) is 0.600. The number of amides is 1. The van der Waals surface area contributed by atoms with Crippen LogP contribution in [0.1, 0.15) is 80.4 Å². The molecule has 250 valence electrons. The Labute approximate surface area is 272 Å². The number of carboxylic acids is 1. The van der Waals surface area contributed by atoms with Crippen LogP contribution in [0.4, 0.5) is 23.2 Å². The van der Waals surface area contributed by atoms with Crippen LogP contribution in [0.5, 0.6) is 0 Å². The van der Waals surface area contributed by atoms with Crippen molar-refractivity contribution in [2.24, 2.45) is 11.8 Å². The molecule has 3 saturated heterocycles. The summed E-state index contributed by atoms with van der Waals surface area (Å²) in [5.74, 6) is -2.98. The number of anilines is 1. The van der Waals surface area contributed by atoms with Crippen LogP contribution in [0.3, 0.4) is 0 Å². The van der Waals surface area contributed by atoms with E-state index in [1.807, 2.05) is 11.8 Å². The van der Waals surface area contributed by atoms with Gasteiger partial charge in [-0.15, -0.1) is 0 Å². The Bertz CT molecular complexity index is 1430. The largest absolute Gasteiger partial charge is 0.481 e. The third-order valence-corrected chi connectivity index (χ3v) is 11.3. The van der Waals surface area contributed by atoms with Gasteiger partial charge in [0.15, 0.2) is 0 Å². The average Bonchev–Trinajstić information content (AvgIpc) is 3.80. The van der Waals surface area contributed by atoms with Gasteiger partial charge in [-0.2, -0.15) is 13.2 Å². The van der Waals surface area contributed by atoms with E-state index in [1.54, 1.807) is 29.2 Å². The molecule has 0 aromatic heterocycles. The number of carbonyl (C=O) groups excluding carboxylic acids is 1. The van der Waals surface area contributed by atoms with Gasteiger partial charge in [-0.25, -0.2) is 4.39 Å². The standard InChI is InChI=1S/C35H42ClF4N3O3/c1-2-22-18-42(33(46)34(37)21-43(27-5-3-4-6-27)20-30(34)23-7-10-26(36)11-8-23)19-29(22)28-12-9-25(35(38,39)40)17-31(28)41-15-13-24(14-16-41)32(44)45/h7-12,17,22,24,27,29-30H,2-6,13-16,18-21H2,1H3,(H,44,45)/t22-,29-,30-,34-/m0/s1. The first kappa shape index (κ1) is 33.1. The molecule has 4 atom stereocenters. The molecule has 0 spiro atoms. The molecule has 3 heterocycles. The van der Waals surface area contributed by atoms with E-state index in [-0.39, 0.29) is 31.0 Å². The number of benzene rings is 2. The lowest BCUT2D eigenvalue weighted by atomic mass is 9.84. The van der Waals surface area contributed by atoms with Crippen molar-refractivity contribution in [2.75, 3.05) is 44.2 Å². The van der Waals surface area contributed by atoms with Crippen LogP contribution in [0.2, 0.25) is 5.02 Å². The van der Waals surface area contributed by atoms with Gasteiger partial charge in [0.25, 0.3) is 5.91 Å². The number of alkyl halides is 4. The first-order valence-corrected chi connectivity index (χ1v) is 16.9. The second-order valence-corrected chi connectivity index (χ2v) is 14.1. The lowest BCUT2D eigenvalue weighted by Gasteiger charge is -2.35. The molecule has 0 radical (unpaired) electrons. The lowest BCUT2D eigenvalue weighted by Crippen LogP contribution is -2.50. The van der Waals surface area contributed by atoms with Gasteiger partial charge in [0.1, 0.15) is 0 Å².